The summed E-state index contributed by atoms with van der Waals surface area (Å²) in [5.74, 6) is 1.71. The van der Waals surface area contributed by atoms with Crippen LogP contribution in [0.2, 0.25) is 0 Å². The second-order valence-corrected chi connectivity index (χ2v) is 2.91. The van der Waals surface area contributed by atoms with Crippen molar-refractivity contribution >= 4 is 0 Å². The molecule has 51 valence electrons. The van der Waals surface area contributed by atoms with Crippen LogP contribution in [0.5, 0.6) is 0 Å². The largest absolute Gasteiger partial charge is 0.0622 e. The lowest BCUT2D eigenvalue weighted by atomic mass is 10.1. The fourth-order valence-electron chi connectivity index (χ4n) is 1.15. The minimum absolute atomic E-state index is 1.22. The lowest BCUT2D eigenvalue weighted by molar-refractivity contribution is 1.11. The van der Waals surface area contributed by atoms with Gasteiger partial charge >= 0.3 is 0 Å². The molecule has 0 aromatic heterocycles. The van der Waals surface area contributed by atoms with Gasteiger partial charge in [0.25, 0.3) is 0 Å². The first-order chi connectivity index (χ1) is 4.95. The van der Waals surface area contributed by atoms with Gasteiger partial charge < -0.3 is 0 Å². The Balaban J connectivity index is 2.03. The van der Waals surface area contributed by atoms with E-state index in [1.54, 1.807) is 5.92 Å². The predicted octanol–water partition coefficient (Wildman–Crippen LogP) is 2.60. The molecule has 0 heterocycles. The minimum Gasteiger partial charge on any atom is -0.0622 e. The summed E-state index contributed by atoms with van der Waals surface area (Å²) >= 11 is 0. The summed E-state index contributed by atoms with van der Waals surface area (Å²) in [6.07, 6.45) is 3.96. The summed E-state index contributed by atoms with van der Waals surface area (Å²) in [6.45, 7) is 0. The van der Waals surface area contributed by atoms with Crippen molar-refractivity contribution in [1.82, 2.24) is 0 Å². The number of rotatable bonds is 2. The Bertz CT molecular complexity index is 197. The molecule has 1 aromatic rings. The van der Waals surface area contributed by atoms with Gasteiger partial charge in [0.2, 0.25) is 0 Å². The first-order valence-electron chi connectivity index (χ1n) is 3.82. The first-order valence-corrected chi connectivity index (χ1v) is 3.82. The van der Waals surface area contributed by atoms with Crippen molar-refractivity contribution in [3.05, 3.63) is 41.8 Å². The standard InChI is InChI=1S/C10H11/c1-2-4-9(5-3-1)8-10-6-7-10/h1-5H,6-8H2. The fourth-order valence-corrected chi connectivity index (χ4v) is 1.15. The highest BCUT2D eigenvalue weighted by atomic mass is 14.3. The number of hydrogen-bond donors (Lipinski definition) is 0. The Morgan fingerprint density at radius 1 is 1.00 bits per heavy atom. The first kappa shape index (κ1) is 5.96. The van der Waals surface area contributed by atoms with Crippen LogP contribution in [0.3, 0.4) is 0 Å². The normalized spacial score (nSPS) is 17.2. The zero-order valence-corrected chi connectivity index (χ0v) is 6.01. The fraction of sp³-hybridized carbons (Fsp3) is 0.300. The van der Waals surface area contributed by atoms with Crippen molar-refractivity contribution in [2.45, 2.75) is 19.3 Å². The summed E-state index contributed by atoms with van der Waals surface area (Å²) in [6, 6.07) is 10.7. The maximum Gasteiger partial charge on any atom is -0.0197 e. The second-order valence-electron chi connectivity index (χ2n) is 2.91. The average Bonchev–Trinajstić information content (AvgIpc) is 2.74. The molecule has 10 heavy (non-hydrogen) atoms. The molecule has 0 spiro atoms. The van der Waals surface area contributed by atoms with Gasteiger partial charge in [-0.2, -0.15) is 0 Å². The molecule has 1 aliphatic carbocycles. The molecule has 0 aliphatic heterocycles. The molecule has 0 heteroatoms. The monoisotopic (exact) mass is 131 g/mol. The van der Waals surface area contributed by atoms with Crippen molar-refractivity contribution in [1.29, 1.82) is 0 Å². The molecule has 1 saturated carbocycles. The zero-order chi connectivity index (χ0) is 6.81. The van der Waals surface area contributed by atoms with Crippen LogP contribution in [0.4, 0.5) is 0 Å². The zero-order valence-electron chi connectivity index (χ0n) is 6.01. The van der Waals surface area contributed by atoms with Crippen LogP contribution >= 0.6 is 0 Å². The Kier molecular flexibility index (Phi) is 1.46. The topological polar surface area (TPSA) is 0 Å². The Morgan fingerprint density at radius 2 is 1.70 bits per heavy atom. The summed E-state index contributed by atoms with van der Waals surface area (Å²) in [5.41, 5.74) is 1.47. The van der Waals surface area contributed by atoms with Crippen LogP contribution < -0.4 is 0 Å². The molecule has 0 unspecified atom stereocenters. The second kappa shape index (κ2) is 2.45. The molecule has 0 atom stereocenters. The minimum atomic E-state index is 1.22. The van der Waals surface area contributed by atoms with Crippen LogP contribution in [-0.4, -0.2) is 0 Å². The summed E-state index contributed by atoms with van der Waals surface area (Å²) in [5, 5.41) is 0. The Labute approximate surface area is 61.9 Å². The van der Waals surface area contributed by atoms with Crippen LogP contribution in [0, 0.1) is 5.92 Å². The van der Waals surface area contributed by atoms with E-state index >= 15 is 0 Å². The van der Waals surface area contributed by atoms with E-state index in [1.165, 1.54) is 24.8 Å². The highest BCUT2D eigenvalue weighted by molar-refractivity contribution is 5.22. The molecular formula is C10H11. The van der Waals surface area contributed by atoms with Crippen molar-refractivity contribution < 1.29 is 0 Å². The van der Waals surface area contributed by atoms with Crippen molar-refractivity contribution in [2.75, 3.05) is 0 Å². The quantitative estimate of drug-likeness (QED) is 0.578. The van der Waals surface area contributed by atoms with E-state index in [4.69, 9.17) is 0 Å². The molecule has 0 bridgehead atoms. The van der Waals surface area contributed by atoms with Crippen LogP contribution in [-0.2, 0) is 6.42 Å². The molecule has 0 nitrogen and oxygen atoms in total. The smallest absolute Gasteiger partial charge is 0.0197 e. The lowest BCUT2D eigenvalue weighted by Gasteiger charge is -1.95. The van der Waals surface area contributed by atoms with E-state index in [2.05, 4.69) is 30.3 Å². The van der Waals surface area contributed by atoms with Gasteiger partial charge in [0.15, 0.2) is 0 Å². The molecule has 0 saturated heterocycles. The van der Waals surface area contributed by atoms with E-state index in [-0.39, 0.29) is 0 Å². The van der Waals surface area contributed by atoms with E-state index in [0.29, 0.717) is 0 Å². The van der Waals surface area contributed by atoms with Gasteiger partial charge in [0, 0.05) is 0 Å². The van der Waals surface area contributed by atoms with Gasteiger partial charge in [0.1, 0.15) is 0 Å². The van der Waals surface area contributed by atoms with Gasteiger partial charge in [-0.15, -0.1) is 0 Å². The van der Waals surface area contributed by atoms with Gasteiger partial charge in [-0.25, -0.2) is 0 Å². The molecule has 1 radical (unpaired) electrons. The van der Waals surface area contributed by atoms with Gasteiger partial charge in [-0.05, 0) is 30.7 Å². The van der Waals surface area contributed by atoms with Gasteiger partial charge in [-0.1, -0.05) is 30.3 Å². The SMILES string of the molecule is c1ccc(C[C]2CC2)cc1. The van der Waals surface area contributed by atoms with E-state index in [1.807, 2.05) is 0 Å². The van der Waals surface area contributed by atoms with Gasteiger partial charge in [-0.3, -0.25) is 0 Å². The van der Waals surface area contributed by atoms with Crippen molar-refractivity contribution in [2.24, 2.45) is 0 Å². The lowest BCUT2D eigenvalue weighted by Crippen LogP contribution is -1.82. The molecule has 1 fully saturated rings. The average molecular weight is 131 g/mol. The van der Waals surface area contributed by atoms with Crippen LogP contribution in [0.1, 0.15) is 18.4 Å². The third-order valence-corrected chi connectivity index (χ3v) is 1.90. The summed E-state index contributed by atoms with van der Waals surface area (Å²) in [4.78, 5) is 0. The molecule has 0 N–H and O–H groups in total. The third-order valence-electron chi connectivity index (χ3n) is 1.90. The third kappa shape index (κ3) is 1.38. The van der Waals surface area contributed by atoms with E-state index in [9.17, 15) is 0 Å². The molecule has 2 rings (SSSR count). The maximum atomic E-state index is 2.20. The summed E-state index contributed by atoms with van der Waals surface area (Å²) in [7, 11) is 0. The Hall–Kier alpha value is -0.780. The van der Waals surface area contributed by atoms with E-state index in [0.717, 1.165) is 0 Å². The van der Waals surface area contributed by atoms with Gasteiger partial charge in [0.05, 0.1) is 0 Å². The molecule has 1 aliphatic rings. The summed E-state index contributed by atoms with van der Waals surface area (Å²) < 4.78 is 0. The predicted molar refractivity (Wildman–Crippen MR) is 42.6 cm³/mol. The molecule has 0 amide bonds. The highest BCUT2D eigenvalue weighted by Gasteiger charge is 2.21. The van der Waals surface area contributed by atoms with Crippen molar-refractivity contribution in [3.63, 3.8) is 0 Å². The van der Waals surface area contributed by atoms with Crippen LogP contribution in [0.25, 0.3) is 0 Å². The highest BCUT2D eigenvalue weighted by Crippen LogP contribution is 2.34. The van der Waals surface area contributed by atoms with E-state index < -0.39 is 0 Å². The maximum absolute atomic E-state index is 2.20. The van der Waals surface area contributed by atoms with Crippen LogP contribution in [0.15, 0.2) is 30.3 Å². The molecule has 1 aromatic carbocycles. The molecular weight excluding hydrogens is 120 g/mol. The Morgan fingerprint density at radius 3 is 2.30 bits per heavy atom. The number of hydrogen-bond acceptors (Lipinski definition) is 0. The van der Waals surface area contributed by atoms with Crippen molar-refractivity contribution in [3.8, 4) is 0 Å². The number of benzene rings is 1.